The van der Waals surface area contributed by atoms with Crippen LogP contribution in [0.5, 0.6) is 0 Å². The highest BCUT2D eigenvalue weighted by Gasteiger charge is 2.32. The molecule has 1 aliphatic carbocycles. The number of anilines is 1. The van der Waals surface area contributed by atoms with Crippen LogP contribution < -0.4 is 5.32 Å². The van der Waals surface area contributed by atoms with E-state index in [4.69, 9.17) is 4.52 Å². The molecule has 134 valence electrons. The zero-order valence-electron chi connectivity index (χ0n) is 14.5. The molecule has 0 radical (unpaired) electrons. The van der Waals surface area contributed by atoms with Crippen molar-refractivity contribution in [1.82, 2.24) is 19.9 Å². The summed E-state index contributed by atoms with van der Waals surface area (Å²) >= 11 is 1.38. The first-order valence-electron chi connectivity index (χ1n) is 8.53. The number of hydrogen-bond acceptors (Lipinski definition) is 6. The first-order chi connectivity index (χ1) is 12.6. The van der Waals surface area contributed by atoms with Crippen molar-refractivity contribution in [2.24, 2.45) is 0 Å². The van der Waals surface area contributed by atoms with Crippen molar-refractivity contribution in [3.8, 4) is 5.69 Å². The van der Waals surface area contributed by atoms with Crippen molar-refractivity contribution in [2.45, 2.75) is 43.0 Å². The average Bonchev–Trinajstić information content (AvgIpc) is 3.28. The van der Waals surface area contributed by atoms with Crippen molar-refractivity contribution >= 4 is 23.6 Å². The summed E-state index contributed by atoms with van der Waals surface area (Å²) in [5.41, 5.74) is 1.74. The fraction of sp³-hybridized carbons (Fsp3) is 0.333. The molecule has 1 N–H and O–H groups in total. The quantitative estimate of drug-likeness (QED) is 0.669. The molecule has 1 amide bonds. The lowest BCUT2D eigenvalue weighted by molar-refractivity contribution is -0.115. The number of hydrogen-bond donors (Lipinski definition) is 1. The number of aryl methyl sites for hydroxylation is 1. The molecule has 7 nitrogen and oxygen atoms in total. The molecule has 8 heteroatoms. The monoisotopic (exact) mass is 369 g/mol. The van der Waals surface area contributed by atoms with Gasteiger partial charge in [0.05, 0.1) is 10.9 Å². The number of thioether (sulfide) groups is 1. The molecule has 0 spiro atoms. The standard InChI is InChI=1S/C18H19N5O2S/c1-11-10-15(25-22-11)19-17(24)12(2)26-18-21-20-16(13-8-9-13)23(18)14-6-4-3-5-7-14/h3-7,10,12-13H,8-9H2,1-2H3,(H,19,24). The Labute approximate surface area is 155 Å². The third kappa shape index (κ3) is 3.50. The Morgan fingerprint density at radius 1 is 1.31 bits per heavy atom. The molecule has 1 aliphatic rings. The van der Waals surface area contributed by atoms with Crippen LogP contribution in [-0.2, 0) is 4.79 Å². The summed E-state index contributed by atoms with van der Waals surface area (Å²) in [5, 5.41) is 15.6. The van der Waals surface area contributed by atoms with Crippen LogP contribution in [0, 0.1) is 6.92 Å². The zero-order chi connectivity index (χ0) is 18.1. The van der Waals surface area contributed by atoms with Gasteiger partial charge >= 0.3 is 0 Å². The third-order valence-corrected chi connectivity index (χ3v) is 5.18. The van der Waals surface area contributed by atoms with Crippen LogP contribution in [0.25, 0.3) is 5.69 Å². The molecule has 1 fully saturated rings. The van der Waals surface area contributed by atoms with Gasteiger partial charge in [0.2, 0.25) is 11.8 Å². The summed E-state index contributed by atoms with van der Waals surface area (Å²) < 4.78 is 7.11. The Bertz CT molecular complexity index is 917. The van der Waals surface area contributed by atoms with Crippen molar-refractivity contribution in [1.29, 1.82) is 0 Å². The first-order valence-corrected chi connectivity index (χ1v) is 9.41. The lowest BCUT2D eigenvalue weighted by atomic mass is 10.3. The molecule has 0 aliphatic heterocycles. The number of benzene rings is 1. The molecular weight excluding hydrogens is 350 g/mol. The van der Waals surface area contributed by atoms with Gasteiger partial charge in [-0.05, 0) is 38.8 Å². The number of nitrogens with zero attached hydrogens (tertiary/aromatic N) is 4. The molecule has 1 saturated carbocycles. The van der Waals surface area contributed by atoms with Gasteiger partial charge < -0.3 is 4.52 Å². The van der Waals surface area contributed by atoms with Gasteiger partial charge in [0.15, 0.2) is 5.16 Å². The van der Waals surface area contributed by atoms with Gasteiger partial charge in [-0.2, -0.15) is 0 Å². The number of nitrogens with one attached hydrogen (secondary N) is 1. The van der Waals surface area contributed by atoms with Crippen LogP contribution in [0.2, 0.25) is 0 Å². The molecule has 3 aromatic rings. The largest absolute Gasteiger partial charge is 0.338 e. The molecule has 0 bridgehead atoms. The Hall–Kier alpha value is -2.61. The van der Waals surface area contributed by atoms with E-state index < -0.39 is 0 Å². The first kappa shape index (κ1) is 16.8. The summed E-state index contributed by atoms with van der Waals surface area (Å²) in [7, 11) is 0. The average molecular weight is 369 g/mol. The zero-order valence-corrected chi connectivity index (χ0v) is 15.4. The topological polar surface area (TPSA) is 85.8 Å². The maximum Gasteiger partial charge on any atom is 0.240 e. The molecular formula is C18H19N5O2S. The van der Waals surface area contributed by atoms with Crippen LogP contribution in [0.3, 0.4) is 0 Å². The maximum absolute atomic E-state index is 12.4. The Morgan fingerprint density at radius 3 is 2.73 bits per heavy atom. The molecule has 1 atom stereocenters. The summed E-state index contributed by atoms with van der Waals surface area (Å²) in [6.45, 7) is 3.64. The molecule has 2 aromatic heterocycles. The fourth-order valence-corrected chi connectivity index (χ4v) is 3.51. The van der Waals surface area contributed by atoms with E-state index in [0.717, 1.165) is 35.2 Å². The predicted octanol–water partition coefficient (Wildman–Crippen LogP) is 3.56. The van der Waals surface area contributed by atoms with Crippen LogP contribution in [0.1, 0.15) is 37.2 Å². The second-order valence-electron chi connectivity index (χ2n) is 6.37. The number of aromatic nitrogens is 4. The highest BCUT2D eigenvalue weighted by Crippen LogP contribution is 2.41. The Balaban J connectivity index is 1.55. The minimum absolute atomic E-state index is 0.165. The lowest BCUT2D eigenvalue weighted by Gasteiger charge is -2.13. The number of rotatable bonds is 6. The highest BCUT2D eigenvalue weighted by atomic mass is 32.2. The normalized spacial score (nSPS) is 15.0. The molecule has 4 rings (SSSR count). The van der Waals surface area contributed by atoms with E-state index in [1.165, 1.54) is 11.8 Å². The van der Waals surface area contributed by atoms with Crippen LogP contribution in [-0.4, -0.2) is 31.1 Å². The van der Waals surface area contributed by atoms with Crippen LogP contribution >= 0.6 is 11.8 Å². The van der Waals surface area contributed by atoms with E-state index in [0.29, 0.717) is 11.8 Å². The smallest absolute Gasteiger partial charge is 0.240 e. The predicted molar refractivity (Wildman–Crippen MR) is 98.5 cm³/mol. The van der Waals surface area contributed by atoms with Gasteiger partial charge in [0, 0.05) is 17.7 Å². The third-order valence-electron chi connectivity index (χ3n) is 4.14. The Morgan fingerprint density at radius 2 is 2.08 bits per heavy atom. The molecule has 0 saturated heterocycles. The minimum atomic E-state index is -0.362. The second kappa shape index (κ2) is 6.95. The van der Waals surface area contributed by atoms with Crippen molar-refractivity contribution in [3.05, 3.63) is 47.9 Å². The lowest BCUT2D eigenvalue weighted by Crippen LogP contribution is -2.22. The summed E-state index contributed by atoms with van der Waals surface area (Å²) in [4.78, 5) is 12.4. The second-order valence-corrected chi connectivity index (χ2v) is 7.68. The van der Waals surface area contributed by atoms with Gasteiger partial charge in [0.25, 0.3) is 0 Å². The number of carbonyl (C=O) groups is 1. The number of amides is 1. The summed E-state index contributed by atoms with van der Waals surface area (Å²) in [6.07, 6.45) is 2.27. The summed E-state index contributed by atoms with van der Waals surface area (Å²) in [6, 6.07) is 11.7. The van der Waals surface area contributed by atoms with E-state index in [9.17, 15) is 4.79 Å². The van der Waals surface area contributed by atoms with E-state index in [1.807, 2.05) is 37.3 Å². The molecule has 2 heterocycles. The van der Waals surface area contributed by atoms with E-state index in [1.54, 1.807) is 13.0 Å². The van der Waals surface area contributed by atoms with E-state index in [2.05, 4.69) is 25.2 Å². The molecule has 1 aromatic carbocycles. The maximum atomic E-state index is 12.4. The van der Waals surface area contributed by atoms with Gasteiger partial charge in [-0.15, -0.1) is 10.2 Å². The Kier molecular flexibility index (Phi) is 4.50. The minimum Gasteiger partial charge on any atom is -0.338 e. The van der Waals surface area contributed by atoms with Gasteiger partial charge in [0.1, 0.15) is 5.82 Å². The fourth-order valence-electron chi connectivity index (χ4n) is 2.64. The summed E-state index contributed by atoms with van der Waals surface area (Å²) in [5.74, 6) is 1.61. The number of carbonyl (C=O) groups excluding carboxylic acids is 1. The molecule has 26 heavy (non-hydrogen) atoms. The van der Waals surface area contributed by atoms with E-state index >= 15 is 0 Å². The van der Waals surface area contributed by atoms with E-state index in [-0.39, 0.29) is 11.2 Å². The van der Waals surface area contributed by atoms with Gasteiger partial charge in [-0.25, -0.2) is 0 Å². The van der Waals surface area contributed by atoms with Crippen molar-refractivity contribution in [3.63, 3.8) is 0 Å². The highest BCUT2D eigenvalue weighted by molar-refractivity contribution is 8.00. The van der Waals surface area contributed by atoms with Crippen LogP contribution in [0.4, 0.5) is 5.88 Å². The van der Waals surface area contributed by atoms with Gasteiger partial charge in [-0.1, -0.05) is 35.1 Å². The molecule has 1 unspecified atom stereocenters. The van der Waals surface area contributed by atoms with Crippen LogP contribution in [0.15, 0.2) is 46.1 Å². The SMILES string of the molecule is Cc1cc(NC(=O)C(C)Sc2nnc(C3CC3)n2-c2ccccc2)on1. The van der Waals surface area contributed by atoms with Crippen molar-refractivity contribution in [2.75, 3.05) is 5.32 Å². The van der Waals surface area contributed by atoms with Crippen molar-refractivity contribution < 1.29 is 9.32 Å². The number of para-hydroxylation sites is 1. The van der Waals surface area contributed by atoms with Gasteiger partial charge in [-0.3, -0.25) is 14.7 Å².